The molecular formula is C18H26N2O2S. The molecule has 0 atom stereocenters. The Kier molecular flexibility index (Phi) is 7.36. The van der Waals surface area contributed by atoms with E-state index in [-0.39, 0.29) is 12.5 Å². The van der Waals surface area contributed by atoms with Crippen LogP contribution in [0.25, 0.3) is 0 Å². The second kappa shape index (κ2) is 8.77. The SMILES string of the molecule is CC(COC(N)=O)=N/C(=C(\C)Sc1cc(C)cc(C)c1)C(C)C. The van der Waals surface area contributed by atoms with E-state index in [0.29, 0.717) is 0 Å². The van der Waals surface area contributed by atoms with Crippen molar-refractivity contribution in [1.29, 1.82) is 0 Å². The predicted octanol–water partition coefficient (Wildman–Crippen LogP) is 4.84. The Bertz CT molecular complexity index is 614. The highest BCUT2D eigenvalue weighted by Crippen LogP contribution is 2.32. The maximum absolute atomic E-state index is 10.7. The number of amides is 1. The average Bonchev–Trinajstić information content (AvgIpc) is 2.40. The lowest BCUT2D eigenvalue weighted by Crippen LogP contribution is -2.17. The number of nitrogens with two attached hydrogens (primary N) is 1. The summed E-state index contributed by atoms with van der Waals surface area (Å²) in [5.74, 6) is 0.275. The van der Waals surface area contributed by atoms with Gasteiger partial charge >= 0.3 is 6.09 Å². The molecule has 1 aromatic carbocycles. The number of ether oxygens (including phenoxy) is 1. The largest absolute Gasteiger partial charge is 0.444 e. The highest BCUT2D eigenvalue weighted by atomic mass is 32.2. The number of hydrogen-bond acceptors (Lipinski definition) is 4. The van der Waals surface area contributed by atoms with E-state index in [2.05, 4.69) is 57.8 Å². The van der Waals surface area contributed by atoms with E-state index in [0.717, 1.165) is 16.3 Å². The van der Waals surface area contributed by atoms with E-state index in [4.69, 9.17) is 10.5 Å². The first kappa shape index (κ1) is 19.3. The summed E-state index contributed by atoms with van der Waals surface area (Å²) in [6, 6.07) is 6.51. The van der Waals surface area contributed by atoms with Crippen LogP contribution in [0, 0.1) is 19.8 Å². The first-order chi connectivity index (χ1) is 10.7. The lowest BCUT2D eigenvalue weighted by atomic mass is 10.1. The van der Waals surface area contributed by atoms with Crippen molar-refractivity contribution in [2.45, 2.75) is 46.4 Å². The van der Waals surface area contributed by atoms with Crippen molar-refractivity contribution in [3.8, 4) is 0 Å². The fourth-order valence-corrected chi connectivity index (χ4v) is 3.48. The van der Waals surface area contributed by atoms with Crippen molar-refractivity contribution >= 4 is 23.6 Å². The summed E-state index contributed by atoms with van der Waals surface area (Å²) >= 11 is 1.71. The van der Waals surface area contributed by atoms with E-state index in [1.807, 2.05) is 6.92 Å². The smallest absolute Gasteiger partial charge is 0.404 e. The van der Waals surface area contributed by atoms with Gasteiger partial charge < -0.3 is 10.5 Å². The average molecular weight is 334 g/mol. The molecule has 1 amide bonds. The summed E-state index contributed by atoms with van der Waals surface area (Å²) in [7, 11) is 0. The molecule has 0 aliphatic heterocycles. The number of carbonyl (C=O) groups excluding carboxylic acids is 1. The molecular weight excluding hydrogens is 308 g/mol. The lowest BCUT2D eigenvalue weighted by Gasteiger charge is -2.13. The minimum atomic E-state index is -0.782. The van der Waals surface area contributed by atoms with Crippen molar-refractivity contribution in [2.75, 3.05) is 6.61 Å². The van der Waals surface area contributed by atoms with Crippen molar-refractivity contribution in [1.82, 2.24) is 0 Å². The van der Waals surface area contributed by atoms with E-state index in [1.54, 1.807) is 11.8 Å². The van der Waals surface area contributed by atoms with Crippen LogP contribution in [0.1, 0.15) is 38.8 Å². The third-order valence-electron chi connectivity index (χ3n) is 3.11. The summed E-state index contributed by atoms with van der Waals surface area (Å²) in [4.78, 5) is 17.7. The molecule has 2 N–H and O–H groups in total. The van der Waals surface area contributed by atoms with Crippen LogP contribution in [0.15, 0.2) is 38.7 Å². The Morgan fingerprint density at radius 3 is 2.26 bits per heavy atom. The summed E-state index contributed by atoms with van der Waals surface area (Å²) in [6.07, 6.45) is -0.782. The molecule has 5 heteroatoms. The van der Waals surface area contributed by atoms with Crippen molar-refractivity contribution < 1.29 is 9.53 Å². The molecule has 4 nitrogen and oxygen atoms in total. The third kappa shape index (κ3) is 6.91. The zero-order valence-corrected chi connectivity index (χ0v) is 15.6. The molecule has 0 radical (unpaired) electrons. The standard InChI is InChI=1S/C18H26N2O2S/c1-11(2)17(20-14(5)10-22-18(19)21)15(6)23-16-8-12(3)7-13(4)9-16/h7-9,11H,10H2,1-6H3,(H2,19,21)/b17-15+,20-14?. The molecule has 23 heavy (non-hydrogen) atoms. The molecule has 0 unspecified atom stereocenters. The number of primary amides is 1. The van der Waals surface area contributed by atoms with Crippen LogP contribution >= 0.6 is 11.8 Å². The molecule has 0 aromatic heterocycles. The van der Waals surface area contributed by atoms with E-state index < -0.39 is 6.09 Å². The van der Waals surface area contributed by atoms with Crippen LogP contribution in [0.2, 0.25) is 0 Å². The molecule has 0 bridgehead atoms. The summed E-state index contributed by atoms with van der Waals surface area (Å²) < 4.78 is 4.79. The van der Waals surface area contributed by atoms with E-state index >= 15 is 0 Å². The number of hydrogen-bond donors (Lipinski definition) is 1. The molecule has 126 valence electrons. The number of aryl methyl sites for hydroxylation is 2. The molecule has 0 heterocycles. The van der Waals surface area contributed by atoms with Crippen molar-refractivity contribution in [2.24, 2.45) is 16.6 Å². The Labute approximate surface area is 143 Å². The van der Waals surface area contributed by atoms with Crippen LogP contribution in [-0.2, 0) is 4.74 Å². The third-order valence-corrected chi connectivity index (χ3v) is 4.10. The van der Waals surface area contributed by atoms with Crippen molar-refractivity contribution in [3.63, 3.8) is 0 Å². The van der Waals surface area contributed by atoms with Crippen LogP contribution < -0.4 is 5.73 Å². The normalized spacial score (nSPS) is 13.1. The number of nitrogens with zero attached hydrogens (tertiary/aromatic N) is 1. The van der Waals surface area contributed by atoms with E-state index in [9.17, 15) is 4.79 Å². The Balaban J connectivity index is 3.02. The second-order valence-corrected chi connectivity index (χ2v) is 7.26. The van der Waals surface area contributed by atoms with Gasteiger partial charge in [0, 0.05) is 9.80 Å². The number of thioether (sulfide) groups is 1. The Morgan fingerprint density at radius 1 is 1.22 bits per heavy atom. The minimum Gasteiger partial charge on any atom is -0.444 e. The monoisotopic (exact) mass is 334 g/mol. The fraction of sp³-hybridized carbons (Fsp3) is 0.444. The first-order valence-corrected chi connectivity index (χ1v) is 8.44. The van der Waals surface area contributed by atoms with Gasteiger partial charge in [0.2, 0.25) is 0 Å². The van der Waals surface area contributed by atoms with Crippen LogP contribution in [0.4, 0.5) is 4.79 Å². The van der Waals surface area contributed by atoms with Gasteiger partial charge in [0.1, 0.15) is 6.61 Å². The van der Waals surface area contributed by atoms with Crippen LogP contribution in [-0.4, -0.2) is 18.4 Å². The molecule has 0 aliphatic rings. The van der Waals surface area contributed by atoms with Gasteiger partial charge in [-0.2, -0.15) is 0 Å². The summed E-state index contributed by atoms with van der Waals surface area (Å²) in [5.41, 5.74) is 9.22. The molecule has 0 fully saturated rings. The minimum absolute atomic E-state index is 0.118. The van der Waals surface area contributed by atoms with Gasteiger partial charge in [0.05, 0.1) is 11.4 Å². The number of aliphatic imine (C=N–C) groups is 1. The van der Waals surface area contributed by atoms with Gasteiger partial charge in [-0.1, -0.05) is 31.7 Å². The van der Waals surface area contributed by atoms with Crippen LogP contribution in [0.5, 0.6) is 0 Å². The number of carbonyl (C=O) groups is 1. The van der Waals surface area contributed by atoms with E-state index in [1.165, 1.54) is 16.0 Å². The summed E-state index contributed by atoms with van der Waals surface area (Å²) in [6.45, 7) is 12.4. The highest BCUT2D eigenvalue weighted by molar-refractivity contribution is 8.03. The van der Waals surface area contributed by atoms with Crippen LogP contribution in [0.3, 0.4) is 0 Å². The number of rotatable bonds is 6. The summed E-state index contributed by atoms with van der Waals surface area (Å²) in [5, 5.41) is 0. The van der Waals surface area contributed by atoms with Gasteiger partial charge in [-0.3, -0.25) is 4.99 Å². The molecule has 0 aliphatic carbocycles. The molecule has 0 saturated heterocycles. The van der Waals surface area contributed by atoms with Gasteiger partial charge in [0.15, 0.2) is 0 Å². The van der Waals surface area contributed by atoms with Gasteiger partial charge in [0.25, 0.3) is 0 Å². The topological polar surface area (TPSA) is 64.7 Å². The number of allylic oxidation sites excluding steroid dienone is 2. The van der Waals surface area contributed by atoms with Gasteiger partial charge in [-0.15, -0.1) is 0 Å². The fourth-order valence-electron chi connectivity index (χ4n) is 2.25. The Morgan fingerprint density at radius 2 is 1.78 bits per heavy atom. The first-order valence-electron chi connectivity index (χ1n) is 7.62. The quantitative estimate of drug-likeness (QED) is 0.598. The number of benzene rings is 1. The zero-order valence-electron chi connectivity index (χ0n) is 14.8. The second-order valence-electron chi connectivity index (χ2n) is 5.98. The lowest BCUT2D eigenvalue weighted by molar-refractivity contribution is 0.172. The van der Waals surface area contributed by atoms with Gasteiger partial charge in [-0.25, -0.2) is 4.79 Å². The molecule has 1 aromatic rings. The van der Waals surface area contributed by atoms with Gasteiger partial charge in [-0.05, 0) is 56.9 Å². The highest BCUT2D eigenvalue weighted by Gasteiger charge is 2.10. The molecule has 0 saturated carbocycles. The van der Waals surface area contributed by atoms with Crippen molar-refractivity contribution in [3.05, 3.63) is 39.9 Å². The molecule has 1 rings (SSSR count). The predicted molar refractivity (Wildman–Crippen MR) is 98.0 cm³/mol. The maximum atomic E-state index is 10.7. The zero-order chi connectivity index (χ0) is 17.6. The molecule has 0 spiro atoms. The maximum Gasteiger partial charge on any atom is 0.404 e. The Hall–Kier alpha value is -1.75.